The highest BCUT2D eigenvalue weighted by Crippen LogP contribution is 2.22. The average molecular weight is 161 g/mol. The van der Waals surface area contributed by atoms with Gasteiger partial charge in [0.2, 0.25) is 0 Å². The SMILES string of the molecule is O=S1(=O)N[C@H]2C=CC[C@H]2O1. The zero-order valence-corrected chi connectivity index (χ0v) is 5.97. The molecule has 0 amide bonds. The highest BCUT2D eigenvalue weighted by molar-refractivity contribution is 7.85. The molecule has 1 fully saturated rings. The summed E-state index contributed by atoms with van der Waals surface area (Å²) in [5.41, 5.74) is 0. The molecule has 4 nitrogen and oxygen atoms in total. The number of hydrogen-bond acceptors (Lipinski definition) is 3. The normalized spacial score (nSPS) is 42.0. The smallest absolute Gasteiger partial charge is 0.252 e. The minimum Gasteiger partial charge on any atom is -0.252 e. The summed E-state index contributed by atoms with van der Waals surface area (Å²) in [4.78, 5) is 0. The summed E-state index contributed by atoms with van der Waals surface area (Å²) in [6.07, 6.45) is 4.23. The van der Waals surface area contributed by atoms with Crippen LogP contribution in [0, 0.1) is 0 Å². The lowest BCUT2D eigenvalue weighted by molar-refractivity contribution is 0.241. The molecule has 0 unspecified atom stereocenters. The molecule has 56 valence electrons. The molecule has 0 radical (unpaired) electrons. The summed E-state index contributed by atoms with van der Waals surface area (Å²) < 4.78 is 28.4. The standard InChI is InChI=1S/C5H7NO3S/c7-10(8)6-4-2-1-3-5(4)9-10/h1-2,4-6H,3H2/t4-,5+/m0/s1. The van der Waals surface area contributed by atoms with Crippen molar-refractivity contribution in [3.8, 4) is 0 Å². The Morgan fingerprint density at radius 1 is 1.60 bits per heavy atom. The maximum absolute atomic E-state index is 10.7. The molecule has 10 heavy (non-hydrogen) atoms. The van der Waals surface area contributed by atoms with Crippen LogP contribution in [0.25, 0.3) is 0 Å². The van der Waals surface area contributed by atoms with E-state index < -0.39 is 10.3 Å². The average Bonchev–Trinajstić information content (AvgIpc) is 2.20. The van der Waals surface area contributed by atoms with E-state index in [9.17, 15) is 8.42 Å². The van der Waals surface area contributed by atoms with Gasteiger partial charge in [0.1, 0.15) is 6.10 Å². The van der Waals surface area contributed by atoms with Crippen LogP contribution in [0.4, 0.5) is 0 Å². The molecule has 0 aromatic rings. The molecule has 0 bridgehead atoms. The second kappa shape index (κ2) is 1.81. The first-order valence-electron chi connectivity index (χ1n) is 3.04. The number of nitrogens with one attached hydrogen (secondary N) is 1. The maximum atomic E-state index is 10.7. The van der Waals surface area contributed by atoms with Gasteiger partial charge in [0, 0.05) is 0 Å². The Bertz CT molecular complexity index is 269. The van der Waals surface area contributed by atoms with Crippen LogP contribution < -0.4 is 4.72 Å². The molecule has 0 aromatic carbocycles. The molecular formula is C5H7NO3S. The molecule has 2 atom stereocenters. The third kappa shape index (κ3) is 0.865. The second-order valence-corrected chi connectivity index (χ2v) is 3.73. The predicted molar refractivity (Wildman–Crippen MR) is 34.5 cm³/mol. The molecule has 1 saturated heterocycles. The summed E-state index contributed by atoms with van der Waals surface area (Å²) in [6.45, 7) is 0. The summed E-state index contributed by atoms with van der Waals surface area (Å²) in [5.74, 6) is 0. The molecule has 0 spiro atoms. The van der Waals surface area contributed by atoms with Crippen molar-refractivity contribution in [3.05, 3.63) is 12.2 Å². The van der Waals surface area contributed by atoms with Crippen LogP contribution in [0.5, 0.6) is 0 Å². The largest absolute Gasteiger partial charge is 0.336 e. The zero-order valence-electron chi connectivity index (χ0n) is 5.15. The Balaban J connectivity index is 2.28. The molecule has 1 aliphatic carbocycles. The Morgan fingerprint density at radius 3 is 3.10 bits per heavy atom. The van der Waals surface area contributed by atoms with Crippen LogP contribution in [0.1, 0.15) is 6.42 Å². The van der Waals surface area contributed by atoms with E-state index in [1.54, 1.807) is 0 Å². The lowest BCUT2D eigenvalue weighted by Crippen LogP contribution is -2.26. The van der Waals surface area contributed by atoms with Gasteiger partial charge in [-0.1, -0.05) is 12.2 Å². The van der Waals surface area contributed by atoms with Crippen LogP contribution in [0.3, 0.4) is 0 Å². The van der Waals surface area contributed by atoms with Gasteiger partial charge >= 0.3 is 10.3 Å². The van der Waals surface area contributed by atoms with E-state index in [-0.39, 0.29) is 12.1 Å². The van der Waals surface area contributed by atoms with Crippen molar-refractivity contribution < 1.29 is 12.6 Å². The van der Waals surface area contributed by atoms with Gasteiger partial charge in [0.25, 0.3) is 0 Å². The fourth-order valence-electron chi connectivity index (χ4n) is 1.20. The molecule has 1 heterocycles. The molecule has 5 heteroatoms. The van der Waals surface area contributed by atoms with Gasteiger partial charge in [0.15, 0.2) is 0 Å². The summed E-state index contributed by atoms with van der Waals surface area (Å²) in [7, 11) is -3.41. The van der Waals surface area contributed by atoms with Crippen LogP contribution in [0.15, 0.2) is 12.2 Å². The van der Waals surface area contributed by atoms with Gasteiger partial charge in [-0.25, -0.2) is 0 Å². The maximum Gasteiger partial charge on any atom is 0.336 e. The summed E-state index contributed by atoms with van der Waals surface area (Å²) in [5, 5.41) is 0. The molecular weight excluding hydrogens is 154 g/mol. The van der Waals surface area contributed by atoms with Crippen molar-refractivity contribution in [1.29, 1.82) is 0 Å². The van der Waals surface area contributed by atoms with E-state index in [1.807, 2.05) is 12.2 Å². The van der Waals surface area contributed by atoms with Crippen molar-refractivity contribution in [2.45, 2.75) is 18.6 Å². The number of rotatable bonds is 0. The van der Waals surface area contributed by atoms with Crippen molar-refractivity contribution in [1.82, 2.24) is 4.72 Å². The Labute approximate surface area is 59.1 Å². The van der Waals surface area contributed by atoms with Crippen molar-refractivity contribution >= 4 is 10.3 Å². The number of fused-ring (bicyclic) bond motifs is 1. The van der Waals surface area contributed by atoms with Crippen molar-refractivity contribution in [2.75, 3.05) is 0 Å². The molecule has 2 rings (SSSR count). The third-order valence-electron chi connectivity index (χ3n) is 1.64. The quantitative estimate of drug-likeness (QED) is 0.489. The van der Waals surface area contributed by atoms with Crippen molar-refractivity contribution in [2.24, 2.45) is 0 Å². The van der Waals surface area contributed by atoms with Crippen molar-refractivity contribution in [3.63, 3.8) is 0 Å². The van der Waals surface area contributed by atoms with E-state index in [1.165, 1.54) is 0 Å². The van der Waals surface area contributed by atoms with Gasteiger partial charge in [-0.2, -0.15) is 13.1 Å². The van der Waals surface area contributed by atoms with Crippen LogP contribution >= 0.6 is 0 Å². The first-order chi connectivity index (χ1) is 4.67. The highest BCUT2D eigenvalue weighted by Gasteiger charge is 2.38. The van der Waals surface area contributed by atoms with E-state index in [4.69, 9.17) is 0 Å². The van der Waals surface area contributed by atoms with E-state index in [2.05, 4.69) is 8.91 Å². The van der Waals surface area contributed by atoms with E-state index in [0.717, 1.165) is 0 Å². The highest BCUT2D eigenvalue weighted by atomic mass is 32.2. The summed E-state index contributed by atoms with van der Waals surface area (Å²) in [6, 6.07) is -0.120. The van der Waals surface area contributed by atoms with E-state index >= 15 is 0 Å². The number of hydrogen-bond donors (Lipinski definition) is 1. The van der Waals surface area contributed by atoms with Gasteiger partial charge in [-0.3, -0.25) is 4.18 Å². The Hall–Kier alpha value is -0.390. The Kier molecular flexibility index (Phi) is 1.14. The van der Waals surface area contributed by atoms with Gasteiger partial charge in [0.05, 0.1) is 6.04 Å². The molecule has 2 aliphatic rings. The predicted octanol–water partition coefficient (Wildman–Crippen LogP) is -0.452. The second-order valence-electron chi connectivity index (χ2n) is 2.40. The monoisotopic (exact) mass is 161 g/mol. The fourth-order valence-corrected chi connectivity index (χ4v) is 2.34. The Morgan fingerprint density at radius 2 is 2.40 bits per heavy atom. The van der Waals surface area contributed by atoms with Gasteiger partial charge < -0.3 is 0 Å². The zero-order chi connectivity index (χ0) is 7.19. The molecule has 1 aliphatic heterocycles. The van der Waals surface area contributed by atoms with Gasteiger partial charge in [-0.15, -0.1) is 0 Å². The first-order valence-corrected chi connectivity index (χ1v) is 4.45. The summed E-state index contributed by atoms with van der Waals surface area (Å²) >= 11 is 0. The van der Waals surface area contributed by atoms with Gasteiger partial charge in [-0.05, 0) is 6.42 Å². The fraction of sp³-hybridized carbons (Fsp3) is 0.600. The third-order valence-corrected chi connectivity index (χ3v) is 2.70. The minimum atomic E-state index is -3.41. The lowest BCUT2D eigenvalue weighted by Gasteiger charge is -2.00. The molecule has 0 saturated carbocycles. The first kappa shape index (κ1) is 6.33. The van der Waals surface area contributed by atoms with Crippen LogP contribution in [-0.2, 0) is 14.5 Å². The van der Waals surface area contributed by atoms with Crippen LogP contribution in [-0.4, -0.2) is 20.6 Å². The topological polar surface area (TPSA) is 55.4 Å². The lowest BCUT2D eigenvalue weighted by atomic mass is 10.2. The molecule has 1 N–H and O–H groups in total. The van der Waals surface area contributed by atoms with E-state index in [0.29, 0.717) is 6.42 Å². The molecule has 0 aromatic heterocycles. The van der Waals surface area contributed by atoms with Crippen LogP contribution in [0.2, 0.25) is 0 Å². The minimum absolute atomic E-state index is 0.120.